The van der Waals surface area contributed by atoms with Crippen molar-refractivity contribution in [3.8, 4) is 0 Å². The zero-order valence-electron chi connectivity index (χ0n) is 13.9. The molecule has 0 aromatic heterocycles. The summed E-state index contributed by atoms with van der Waals surface area (Å²) in [5.41, 5.74) is 0.156. The van der Waals surface area contributed by atoms with E-state index < -0.39 is 0 Å². The molecule has 3 saturated carbocycles. The molecule has 1 heteroatoms. The third-order valence-corrected chi connectivity index (χ3v) is 8.00. The van der Waals surface area contributed by atoms with E-state index in [1.165, 1.54) is 57.8 Å². The Morgan fingerprint density at radius 1 is 1.05 bits per heavy atom. The summed E-state index contributed by atoms with van der Waals surface area (Å²) in [6.45, 7) is 4.38. The van der Waals surface area contributed by atoms with Crippen molar-refractivity contribution >= 4 is 0 Å². The van der Waals surface area contributed by atoms with Crippen LogP contribution in [0.15, 0.2) is 24.8 Å². The first kappa shape index (κ1) is 15.0. The van der Waals surface area contributed by atoms with Crippen molar-refractivity contribution in [1.29, 1.82) is 0 Å². The third-order valence-electron chi connectivity index (χ3n) is 8.00. The summed E-state index contributed by atoms with van der Waals surface area (Å²) in [6, 6.07) is 0. The molecule has 0 saturated heterocycles. The highest BCUT2D eigenvalue weighted by molar-refractivity contribution is 5.16. The van der Waals surface area contributed by atoms with E-state index >= 15 is 0 Å². The molecule has 0 radical (unpaired) electrons. The number of fused-ring (bicyclic) bond motifs is 5. The second-order valence-electron chi connectivity index (χ2n) is 8.62. The average Bonchev–Trinajstić information content (AvgIpc) is 3.00. The normalized spacial score (nSPS) is 50.0. The maximum absolute atomic E-state index is 10.0. The molecule has 3 fully saturated rings. The molecule has 0 aromatic rings. The second-order valence-corrected chi connectivity index (χ2v) is 8.62. The van der Waals surface area contributed by atoms with Gasteiger partial charge in [-0.3, -0.25) is 0 Å². The molecule has 7 atom stereocenters. The van der Waals surface area contributed by atoms with Gasteiger partial charge in [-0.25, -0.2) is 0 Å². The molecule has 4 rings (SSSR count). The van der Waals surface area contributed by atoms with Gasteiger partial charge in [-0.05, 0) is 86.9 Å². The summed E-state index contributed by atoms with van der Waals surface area (Å²) in [4.78, 5) is 0. The molecule has 0 spiro atoms. The van der Waals surface area contributed by atoms with Crippen LogP contribution in [0, 0.1) is 40.9 Å². The van der Waals surface area contributed by atoms with Gasteiger partial charge in [0.15, 0.2) is 0 Å². The summed E-state index contributed by atoms with van der Waals surface area (Å²) in [6.07, 6.45) is 19.2. The number of rotatable bonds is 3. The first-order valence-corrected chi connectivity index (χ1v) is 9.68. The molecular weight excluding hydrogens is 268 g/mol. The molecule has 0 amide bonds. The first-order chi connectivity index (χ1) is 10.8. The molecule has 0 aromatic carbocycles. The van der Waals surface area contributed by atoms with Crippen LogP contribution in [0.4, 0.5) is 0 Å². The summed E-state index contributed by atoms with van der Waals surface area (Å²) in [5, 5.41) is 10.0. The summed E-state index contributed by atoms with van der Waals surface area (Å²) in [7, 11) is 0. The van der Waals surface area contributed by atoms with E-state index in [2.05, 4.69) is 24.8 Å². The molecular formula is C21H32O. The molecule has 4 aliphatic rings. The van der Waals surface area contributed by atoms with Crippen molar-refractivity contribution in [2.75, 3.05) is 6.61 Å². The van der Waals surface area contributed by atoms with Crippen LogP contribution in [0.2, 0.25) is 0 Å². The van der Waals surface area contributed by atoms with E-state index in [1.54, 1.807) is 0 Å². The van der Waals surface area contributed by atoms with Gasteiger partial charge in [0, 0.05) is 5.41 Å². The SMILES string of the molecule is C=CCC1CCC[C@H]2C1CC[C@@H]1[C@@H]2CC[C@]2(CO)C=CC[C@@H]12. The van der Waals surface area contributed by atoms with Crippen LogP contribution in [0.1, 0.15) is 57.8 Å². The van der Waals surface area contributed by atoms with Gasteiger partial charge in [0.05, 0.1) is 6.61 Å². The lowest BCUT2D eigenvalue weighted by molar-refractivity contribution is -0.0741. The Morgan fingerprint density at radius 3 is 2.68 bits per heavy atom. The van der Waals surface area contributed by atoms with E-state index in [0.717, 1.165) is 35.5 Å². The van der Waals surface area contributed by atoms with Gasteiger partial charge in [0.1, 0.15) is 0 Å². The Balaban J connectivity index is 1.56. The summed E-state index contributed by atoms with van der Waals surface area (Å²) < 4.78 is 0. The van der Waals surface area contributed by atoms with Gasteiger partial charge >= 0.3 is 0 Å². The zero-order valence-corrected chi connectivity index (χ0v) is 13.9. The van der Waals surface area contributed by atoms with Gasteiger partial charge in [0.2, 0.25) is 0 Å². The minimum absolute atomic E-state index is 0.156. The highest BCUT2D eigenvalue weighted by atomic mass is 16.3. The van der Waals surface area contributed by atoms with Crippen LogP contribution in [0.25, 0.3) is 0 Å². The highest BCUT2D eigenvalue weighted by Crippen LogP contribution is 2.61. The minimum atomic E-state index is 0.156. The first-order valence-electron chi connectivity index (χ1n) is 9.68. The minimum Gasteiger partial charge on any atom is -0.395 e. The number of aliphatic hydroxyl groups is 1. The molecule has 22 heavy (non-hydrogen) atoms. The fraction of sp³-hybridized carbons (Fsp3) is 0.810. The second kappa shape index (κ2) is 5.82. The molecule has 122 valence electrons. The van der Waals surface area contributed by atoms with Crippen LogP contribution in [-0.4, -0.2) is 11.7 Å². The van der Waals surface area contributed by atoms with E-state index in [4.69, 9.17) is 0 Å². The lowest BCUT2D eigenvalue weighted by Gasteiger charge is -2.56. The molecule has 0 bridgehead atoms. The fourth-order valence-electron chi connectivity index (χ4n) is 7.09. The van der Waals surface area contributed by atoms with Gasteiger partial charge in [-0.2, -0.15) is 0 Å². The maximum atomic E-state index is 10.0. The lowest BCUT2D eigenvalue weighted by Crippen LogP contribution is -2.49. The number of aliphatic hydroxyl groups excluding tert-OH is 1. The van der Waals surface area contributed by atoms with E-state index in [0.29, 0.717) is 6.61 Å². The Kier molecular flexibility index (Phi) is 3.97. The molecule has 1 nitrogen and oxygen atoms in total. The Bertz CT molecular complexity index is 453. The Morgan fingerprint density at radius 2 is 1.86 bits per heavy atom. The standard InChI is InChI=1S/C21H32O/c1-2-5-15-6-3-7-17-16(15)9-10-19-18(17)11-13-21(14-22)12-4-8-20(19)21/h2,4,12,15-20,22H,1,3,5-11,13-14H2/t15?,16?,17-,18+,19+,20-,21-/m0/s1. The van der Waals surface area contributed by atoms with Crippen LogP contribution in [0.5, 0.6) is 0 Å². The van der Waals surface area contributed by atoms with E-state index in [9.17, 15) is 5.11 Å². The van der Waals surface area contributed by atoms with E-state index in [1.807, 2.05) is 0 Å². The third kappa shape index (κ3) is 2.15. The van der Waals surface area contributed by atoms with Crippen molar-refractivity contribution in [3.05, 3.63) is 24.8 Å². The predicted octanol–water partition coefficient (Wildman–Crippen LogP) is 4.97. The van der Waals surface area contributed by atoms with Crippen molar-refractivity contribution in [3.63, 3.8) is 0 Å². The van der Waals surface area contributed by atoms with Gasteiger partial charge in [0.25, 0.3) is 0 Å². The van der Waals surface area contributed by atoms with Crippen molar-refractivity contribution < 1.29 is 5.11 Å². The topological polar surface area (TPSA) is 20.2 Å². The van der Waals surface area contributed by atoms with Crippen molar-refractivity contribution in [2.45, 2.75) is 57.8 Å². The summed E-state index contributed by atoms with van der Waals surface area (Å²) >= 11 is 0. The lowest BCUT2D eigenvalue weighted by atomic mass is 9.49. The zero-order chi connectivity index (χ0) is 15.2. The number of hydrogen-bond acceptors (Lipinski definition) is 1. The Labute approximate surface area is 135 Å². The smallest absolute Gasteiger partial charge is 0.0524 e. The Hall–Kier alpha value is -0.560. The molecule has 1 N–H and O–H groups in total. The number of hydrogen-bond donors (Lipinski definition) is 1. The van der Waals surface area contributed by atoms with E-state index in [-0.39, 0.29) is 5.41 Å². The van der Waals surface area contributed by atoms with Crippen molar-refractivity contribution in [1.82, 2.24) is 0 Å². The van der Waals surface area contributed by atoms with Crippen LogP contribution >= 0.6 is 0 Å². The van der Waals surface area contributed by atoms with Crippen molar-refractivity contribution in [2.24, 2.45) is 40.9 Å². The monoisotopic (exact) mass is 300 g/mol. The fourth-order valence-corrected chi connectivity index (χ4v) is 7.09. The molecule has 4 aliphatic carbocycles. The highest BCUT2D eigenvalue weighted by Gasteiger charge is 2.54. The summed E-state index contributed by atoms with van der Waals surface area (Å²) in [5.74, 6) is 5.47. The molecule has 0 aliphatic heterocycles. The van der Waals surface area contributed by atoms with Crippen LogP contribution < -0.4 is 0 Å². The largest absolute Gasteiger partial charge is 0.395 e. The van der Waals surface area contributed by atoms with Gasteiger partial charge < -0.3 is 5.11 Å². The molecule has 2 unspecified atom stereocenters. The number of allylic oxidation sites excluding steroid dienone is 2. The maximum Gasteiger partial charge on any atom is 0.0524 e. The van der Waals surface area contributed by atoms with Crippen LogP contribution in [0.3, 0.4) is 0 Å². The van der Waals surface area contributed by atoms with Gasteiger partial charge in [-0.1, -0.05) is 24.6 Å². The van der Waals surface area contributed by atoms with Crippen LogP contribution in [-0.2, 0) is 0 Å². The molecule has 0 heterocycles. The quantitative estimate of drug-likeness (QED) is 0.730. The predicted molar refractivity (Wildman–Crippen MR) is 91.3 cm³/mol. The van der Waals surface area contributed by atoms with Gasteiger partial charge in [-0.15, -0.1) is 6.58 Å². The average molecular weight is 300 g/mol.